The van der Waals surface area contributed by atoms with Crippen molar-refractivity contribution in [1.82, 2.24) is 4.90 Å². The number of carbonyl (C=O) groups excluding carboxylic acids is 1. The van der Waals surface area contributed by atoms with Gasteiger partial charge in [-0.05, 0) is 37.1 Å². The van der Waals surface area contributed by atoms with Gasteiger partial charge in [-0.25, -0.2) is 0 Å². The van der Waals surface area contributed by atoms with Crippen LogP contribution >= 0.6 is 0 Å². The molecule has 1 heterocycles. The van der Waals surface area contributed by atoms with E-state index < -0.39 is 0 Å². The molecule has 0 bridgehead atoms. The van der Waals surface area contributed by atoms with Crippen LogP contribution < -0.4 is 0 Å². The molecule has 0 radical (unpaired) electrons. The highest BCUT2D eigenvalue weighted by Crippen LogP contribution is 2.12. The SMILES string of the molecule is CCC(C)N(Cc1ccccc1)C(=O)/C=C/c1ccco1. The molecule has 3 nitrogen and oxygen atoms in total. The number of rotatable bonds is 6. The van der Waals surface area contributed by atoms with Crippen molar-refractivity contribution < 1.29 is 9.21 Å². The zero-order chi connectivity index (χ0) is 15.1. The molecule has 0 N–H and O–H groups in total. The van der Waals surface area contributed by atoms with Crippen LogP contribution in [0.1, 0.15) is 31.6 Å². The fourth-order valence-corrected chi connectivity index (χ4v) is 2.09. The van der Waals surface area contributed by atoms with Crippen LogP contribution in [0.25, 0.3) is 6.08 Å². The monoisotopic (exact) mass is 283 g/mol. The summed E-state index contributed by atoms with van der Waals surface area (Å²) in [6.45, 7) is 4.78. The first kappa shape index (κ1) is 15.1. The molecule has 0 saturated heterocycles. The van der Waals surface area contributed by atoms with E-state index >= 15 is 0 Å². The van der Waals surface area contributed by atoms with Gasteiger partial charge in [0, 0.05) is 18.7 Å². The minimum atomic E-state index is 0.00426. The van der Waals surface area contributed by atoms with E-state index in [0.29, 0.717) is 12.3 Å². The van der Waals surface area contributed by atoms with Crippen molar-refractivity contribution in [3.05, 3.63) is 66.1 Å². The van der Waals surface area contributed by atoms with Gasteiger partial charge in [-0.3, -0.25) is 4.79 Å². The van der Waals surface area contributed by atoms with Gasteiger partial charge < -0.3 is 9.32 Å². The third kappa shape index (κ3) is 4.35. The van der Waals surface area contributed by atoms with Crippen LogP contribution in [0, 0.1) is 0 Å². The lowest BCUT2D eigenvalue weighted by molar-refractivity contribution is -0.128. The minimum absolute atomic E-state index is 0.00426. The number of hydrogen-bond donors (Lipinski definition) is 0. The van der Waals surface area contributed by atoms with Gasteiger partial charge in [0.25, 0.3) is 0 Å². The zero-order valence-corrected chi connectivity index (χ0v) is 12.5. The summed E-state index contributed by atoms with van der Waals surface area (Å²) in [5.74, 6) is 0.691. The van der Waals surface area contributed by atoms with Crippen LogP contribution in [-0.4, -0.2) is 16.8 Å². The molecule has 0 aliphatic heterocycles. The normalized spacial score (nSPS) is 12.5. The van der Waals surface area contributed by atoms with Gasteiger partial charge in [-0.15, -0.1) is 0 Å². The van der Waals surface area contributed by atoms with Crippen LogP contribution in [0.4, 0.5) is 0 Å². The highest BCUT2D eigenvalue weighted by Gasteiger charge is 2.17. The van der Waals surface area contributed by atoms with E-state index in [4.69, 9.17) is 4.42 Å². The molecule has 3 heteroatoms. The Bertz CT molecular complexity index is 573. The summed E-state index contributed by atoms with van der Waals surface area (Å²) in [4.78, 5) is 14.3. The number of furan rings is 1. The second-order valence-electron chi connectivity index (χ2n) is 5.06. The van der Waals surface area contributed by atoms with Gasteiger partial charge in [0.05, 0.1) is 6.26 Å². The van der Waals surface area contributed by atoms with Crippen molar-refractivity contribution in [3.8, 4) is 0 Å². The molecule has 21 heavy (non-hydrogen) atoms. The van der Waals surface area contributed by atoms with Crippen molar-refractivity contribution in [3.63, 3.8) is 0 Å². The first-order valence-electron chi connectivity index (χ1n) is 7.26. The minimum Gasteiger partial charge on any atom is -0.465 e. The molecule has 1 atom stereocenters. The van der Waals surface area contributed by atoms with Crippen LogP contribution in [0.15, 0.2) is 59.2 Å². The summed E-state index contributed by atoms with van der Waals surface area (Å²) < 4.78 is 5.21. The molecule has 1 amide bonds. The van der Waals surface area contributed by atoms with Gasteiger partial charge >= 0.3 is 0 Å². The lowest BCUT2D eigenvalue weighted by Crippen LogP contribution is -2.36. The van der Waals surface area contributed by atoms with E-state index in [-0.39, 0.29) is 11.9 Å². The van der Waals surface area contributed by atoms with Crippen LogP contribution in [-0.2, 0) is 11.3 Å². The highest BCUT2D eigenvalue weighted by molar-refractivity contribution is 5.91. The molecule has 2 aromatic rings. The van der Waals surface area contributed by atoms with Crippen LogP contribution in [0.5, 0.6) is 0 Å². The molecule has 0 saturated carbocycles. The predicted octanol–water partition coefficient (Wildman–Crippen LogP) is 4.12. The van der Waals surface area contributed by atoms with Gasteiger partial charge in [-0.2, -0.15) is 0 Å². The third-order valence-electron chi connectivity index (χ3n) is 3.54. The Labute approximate surface area is 125 Å². The fourth-order valence-electron chi connectivity index (χ4n) is 2.09. The molecule has 1 aromatic heterocycles. The quantitative estimate of drug-likeness (QED) is 0.747. The maximum atomic E-state index is 12.4. The summed E-state index contributed by atoms with van der Waals surface area (Å²) in [5, 5.41) is 0. The Morgan fingerprint density at radius 3 is 2.62 bits per heavy atom. The van der Waals surface area contributed by atoms with E-state index in [0.717, 1.165) is 12.0 Å². The highest BCUT2D eigenvalue weighted by atomic mass is 16.3. The van der Waals surface area contributed by atoms with Crippen molar-refractivity contribution in [1.29, 1.82) is 0 Å². The van der Waals surface area contributed by atoms with Gasteiger partial charge in [0.2, 0.25) is 5.91 Å². The Morgan fingerprint density at radius 2 is 2.00 bits per heavy atom. The van der Waals surface area contributed by atoms with Crippen molar-refractivity contribution in [2.24, 2.45) is 0 Å². The first-order valence-corrected chi connectivity index (χ1v) is 7.26. The Hall–Kier alpha value is -2.29. The number of carbonyl (C=O) groups is 1. The second kappa shape index (κ2) is 7.48. The summed E-state index contributed by atoms with van der Waals surface area (Å²) in [7, 11) is 0. The number of amides is 1. The number of nitrogens with zero attached hydrogens (tertiary/aromatic N) is 1. The maximum absolute atomic E-state index is 12.4. The molecule has 0 aliphatic carbocycles. The summed E-state index contributed by atoms with van der Waals surface area (Å²) in [6.07, 6.45) is 5.81. The van der Waals surface area contributed by atoms with E-state index in [2.05, 4.69) is 13.8 Å². The third-order valence-corrected chi connectivity index (χ3v) is 3.54. The van der Waals surface area contributed by atoms with E-state index in [1.165, 1.54) is 0 Å². The zero-order valence-electron chi connectivity index (χ0n) is 12.5. The molecular weight excluding hydrogens is 262 g/mol. The molecule has 0 fully saturated rings. The topological polar surface area (TPSA) is 33.5 Å². The molecule has 1 aromatic carbocycles. The summed E-state index contributed by atoms with van der Waals surface area (Å²) in [6, 6.07) is 13.9. The standard InChI is InChI=1S/C18H21NO2/c1-3-15(2)19(14-16-8-5-4-6-9-16)18(20)12-11-17-10-7-13-21-17/h4-13,15H,3,14H2,1-2H3/b12-11+. The average Bonchev–Trinajstić information content (AvgIpc) is 3.04. The molecule has 0 aliphatic rings. The van der Waals surface area contributed by atoms with E-state index in [1.807, 2.05) is 41.3 Å². The summed E-state index contributed by atoms with van der Waals surface area (Å²) >= 11 is 0. The van der Waals surface area contributed by atoms with Crippen molar-refractivity contribution >= 4 is 12.0 Å². The van der Waals surface area contributed by atoms with Gasteiger partial charge in [0.1, 0.15) is 5.76 Å². The molecule has 1 unspecified atom stereocenters. The van der Waals surface area contributed by atoms with Crippen LogP contribution in [0.3, 0.4) is 0 Å². The molecule has 2 rings (SSSR count). The van der Waals surface area contributed by atoms with Gasteiger partial charge in [0.15, 0.2) is 0 Å². The second-order valence-corrected chi connectivity index (χ2v) is 5.06. The molecular formula is C18H21NO2. The van der Waals surface area contributed by atoms with E-state index in [9.17, 15) is 4.79 Å². The smallest absolute Gasteiger partial charge is 0.247 e. The number of hydrogen-bond acceptors (Lipinski definition) is 2. The first-order chi connectivity index (χ1) is 10.2. The largest absolute Gasteiger partial charge is 0.465 e. The van der Waals surface area contributed by atoms with Crippen LogP contribution in [0.2, 0.25) is 0 Å². The Kier molecular flexibility index (Phi) is 5.38. The molecule has 110 valence electrons. The maximum Gasteiger partial charge on any atom is 0.247 e. The Morgan fingerprint density at radius 1 is 1.24 bits per heavy atom. The fraction of sp³-hybridized carbons (Fsp3) is 0.278. The lowest BCUT2D eigenvalue weighted by atomic mass is 10.1. The number of benzene rings is 1. The van der Waals surface area contributed by atoms with E-state index in [1.54, 1.807) is 24.5 Å². The van der Waals surface area contributed by atoms with Crippen molar-refractivity contribution in [2.45, 2.75) is 32.9 Å². The molecule has 0 spiro atoms. The lowest BCUT2D eigenvalue weighted by Gasteiger charge is -2.27. The summed E-state index contributed by atoms with van der Waals surface area (Å²) in [5.41, 5.74) is 1.14. The van der Waals surface area contributed by atoms with Gasteiger partial charge in [-0.1, -0.05) is 37.3 Å². The Balaban J connectivity index is 2.10. The van der Waals surface area contributed by atoms with Crippen molar-refractivity contribution in [2.75, 3.05) is 0 Å². The predicted molar refractivity (Wildman–Crippen MR) is 84.5 cm³/mol. The average molecular weight is 283 g/mol.